The molecule has 1 unspecified atom stereocenters. The van der Waals surface area contributed by atoms with E-state index in [1.807, 2.05) is 26.0 Å². The molecule has 1 saturated heterocycles. The first kappa shape index (κ1) is 16.4. The quantitative estimate of drug-likeness (QED) is 0.840. The van der Waals surface area contributed by atoms with E-state index in [9.17, 15) is 8.42 Å². The molecule has 0 amide bonds. The molecular formula is C14H23N3O3S. The summed E-state index contributed by atoms with van der Waals surface area (Å²) in [5, 5.41) is 3.24. The molecule has 2 heterocycles. The molecule has 1 aliphatic heterocycles. The lowest BCUT2D eigenvalue weighted by Crippen LogP contribution is -2.49. The molecule has 1 atom stereocenters. The number of pyridine rings is 1. The SMILES string of the molecule is CC(C)OCCS(=O)(=O)N1CCNCC1c1cccnc1. The molecule has 1 aromatic heterocycles. The summed E-state index contributed by atoms with van der Waals surface area (Å²) in [7, 11) is -3.34. The van der Waals surface area contributed by atoms with Crippen LogP contribution >= 0.6 is 0 Å². The fourth-order valence-electron chi connectivity index (χ4n) is 2.38. The Morgan fingerprint density at radius 2 is 2.33 bits per heavy atom. The first-order chi connectivity index (χ1) is 10.0. The standard InChI is InChI=1S/C14H23N3O3S/c1-12(2)20-8-9-21(18,19)17-7-6-16-11-14(17)13-4-3-5-15-10-13/h3-5,10,12,14,16H,6-9,11H2,1-2H3. The van der Waals surface area contributed by atoms with Gasteiger partial charge in [-0.25, -0.2) is 8.42 Å². The van der Waals surface area contributed by atoms with Crippen molar-refractivity contribution < 1.29 is 13.2 Å². The average molecular weight is 313 g/mol. The van der Waals surface area contributed by atoms with Crippen LogP contribution in [0.2, 0.25) is 0 Å². The van der Waals surface area contributed by atoms with Crippen molar-refractivity contribution in [3.05, 3.63) is 30.1 Å². The highest BCUT2D eigenvalue weighted by Gasteiger charge is 2.33. The summed E-state index contributed by atoms with van der Waals surface area (Å²) in [4.78, 5) is 4.09. The lowest BCUT2D eigenvalue weighted by atomic mass is 10.1. The van der Waals surface area contributed by atoms with E-state index in [1.54, 1.807) is 16.7 Å². The summed E-state index contributed by atoms with van der Waals surface area (Å²) in [6.07, 6.45) is 3.46. The number of piperazine rings is 1. The molecule has 6 nitrogen and oxygen atoms in total. The summed E-state index contributed by atoms with van der Waals surface area (Å²) in [5.74, 6) is 0.0158. The van der Waals surface area contributed by atoms with Crippen LogP contribution in [0.25, 0.3) is 0 Å². The molecule has 7 heteroatoms. The van der Waals surface area contributed by atoms with Crippen LogP contribution in [0.1, 0.15) is 25.5 Å². The van der Waals surface area contributed by atoms with Crippen LogP contribution in [0.4, 0.5) is 0 Å². The van der Waals surface area contributed by atoms with Crippen LogP contribution < -0.4 is 5.32 Å². The van der Waals surface area contributed by atoms with Gasteiger partial charge in [0.25, 0.3) is 0 Å². The molecule has 2 rings (SSSR count). The number of nitrogens with zero attached hydrogens (tertiary/aromatic N) is 2. The smallest absolute Gasteiger partial charge is 0.217 e. The number of aromatic nitrogens is 1. The number of nitrogens with one attached hydrogen (secondary N) is 1. The third kappa shape index (κ3) is 4.47. The molecule has 0 saturated carbocycles. The van der Waals surface area contributed by atoms with E-state index in [4.69, 9.17) is 4.74 Å². The van der Waals surface area contributed by atoms with Gasteiger partial charge in [0.2, 0.25) is 10.0 Å². The van der Waals surface area contributed by atoms with Crippen molar-refractivity contribution in [3.8, 4) is 0 Å². The molecular weight excluding hydrogens is 290 g/mol. The lowest BCUT2D eigenvalue weighted by molar-refractivity contribution is 0.0903. The van der Waals surface area contributed by atoms with Gasteiger partial charge in [0.05, 0.1) is 24.5 Å². The second-order valence-electron chi connectivity index (χ2n) is 5.35. The molecule has 118 valence electrons. The monoisotopic (exact) mass is 313 g/mol. The van der Waals surface area contributed by atoms with Crippen LogP contribution in [0.15, 0.2) is 24.5 Å². The molecule has 0 spiro atoms. The summed E-state index contributed by atoms with van der Waals surface area (Å²) >= 11 is 0. The molecule has 1 fully saturated rings. The lowest BCUT2D eigenvalue weighted by Gasteiger charge is -2.35. The third-order valence-corrected chi connectivity index (χ3v) is 5.25. The normalized spacial score (nSPS) is 20.8. The van der Waals surface area contributed by atoms with E-state index in [2.05, 4.69) is 10.3 Å². The van der Waals surface area contributed by atoms with Crippen molar-refractivity contribution in [2.24, 2.45) is 0 Å². The van der Waals surface area contributed by atoms with E-state index in [1.165, 1.54) is 0 Å². The van der Waals surface area contributed by atoms with Crippen molar-refractivity contribution in [3.63, 3.8) is 0 Å². The van der Waals surface area contributed by atoms with E-state index < -0.39 is 10.0 Å². The first-order valence-electron chi connectivity index (χ1n) is 7.22. The van der Waals surface area contributed by atoms with Crippen molar-refractivity contribution in [2.75, 3.05) is 32.0 Å². The molecule has 0 aliphatic carbocycles. The maximum atomic E-state index is 12.5. The number of hydrogen-bond acceptors (Lipinski definition) is 5. The number of ether oxygens (including phenoxy) is 1. The Labute approximate surface area is 126 Å². The van der Waals surface area contributed by atoms with E-state index in [0.29, 0.717) is 19.6 Å². The largest absolute Gasteiger partial charge is 0.378 e. The minimum Gasteiger partial charge on any atom is -0.378 e. The number of sulfonamides is 1. The van der Waals surface area contributed by atoms with Gasteiger partial charge < -0.3 is 10.1 Å². The zero-order valence-corrected chi connectivity index (χ0v) is 13.3. The zero-order chi connectivity index (χ0) is 15.3. The minimum atomic E-state index is -3.34. The predicted molar refractivity (Wildman–Crippen MR) is 81.4 cm³/mol. The zero-order valence-electron chi connectivity index (χ0n) is 12.5. The highest BCUT2D eigenvalue weighted by Crippen LogP contribution is 2.24. The van der Waals surface area contributed by atoms with Gasteiger partial charge in [-0.05, 0) is 25.5 Å². The van der Waals surface area contributed by atoms with Gasteiger partial charge in [-0.2, -0.15) is 4.31 Å². The second-order valence-corrected chi connectivity index (χ2v) is 7.39. The van der Waals surface area contributed by atoms with Gasteiger partial charge >= 0.3 is 0 Å². The molecule has 1 N–H and O–H groups in total. The van der Waals surface area contributed by atoms with Crippen molar-refractivity contribution in [1.82, 2.24) is 14.6 Å². The van der Waals surface area contributed by atoms with Crippen LogP contribution in [-0.4, -0.2) is 55.8 Å². The summed E-state index contributed by atoms with van der Waals surface area (Å²) < 4.78 is 32.0. The van der Waals surface area contributed by atoms with Crippen molar-refractivity contribution >= 4 is 10.0 Å². The molecule has 0 radical (unpaired) electrons. The highest BCUT2D eigenvalue weighted by atomic mass is 32.2. The number of rotatable bonds is 6. The second kappa shape index (κ2) is 7.31. The topological polar surface area (TPSA) is 71.5 Å². The van der Waals surface area contributed by atoms with Crippen molar-refractivity contribution in [1.29, 1.82) is 0 Å². The fourth-order valence-corrected chi connectivity index (χ4v) is 3.88. The average Bonchev–Trinajstić information content (AvgIpc) is 2.47. The maximum Gasteiger partial charge on any atom is 0.217 e. The van der Waals surface area contributed by atoms with E-state index in [0.717, 1.165) is 5.56 Å². The Bertz CT molecular complexity index is 534. The van der Waals surface area contributed by atoms with Crippen LogP contribution in [0, 0.1) is 0 Å². The Kier molecular flexibility index (Phi) is 5.69. The Morgan fingerprint density at radius 3 is 3.00 bits per heavy atom. The molecule has 1 aliphatic rings. The molecule has 21 heavy (non-hydrogen) atoms. The van der Waals surface area contributed by atoms with Gasteiger partial charge in [-0.15, -0.1) is 0 Å². The van der Waals surface area contributed by atoms with E-state index >= 15 is 0 Å². The minimum absolute atomic E-state index is 0.0158. The summed E-state index contributed by atoms with van der Waals surface area (Å²) in [6.45, 7) is 5.77. The molecule has 1 aromatic rings. The Morgan fingerprint density at radius 1 is 1.52 bits per heavy atom. The van der Waals surface area contributed by atoms with Crippen molar-refractivity contribution in [2.45, 2.75) is 26.0 Å². The van der Waals surface area contributed by atoms with Crippen LogP contribution in [-0.2, 0) is 14.8 Å². The van der Waals surface area contributed by atoms with Gasteiger partial charge in [0.15, 0.2) is 0 Å². The Balaban J connectivity index is 2.11. The van der Waals surface area contributed by atoms with Gasteiger partial charge in [-0.1, -0.05) is 6.07 Å². The van der Waals surface area contributed by atoms with Gasteiger partial charge in [-0.3, -0.25) is 4.98 Å². The maximum absolute atomic E-state index is 12.5. The first-order valence-corrected chi connectivity index (χ1v) is 8.83. The summed E-state index contributed by atoms with van der Waals surface area (Å²) in [5.41, 5.74) is 0.915. The molecule has 0 bridgehead atoms. The van der Waals surface area contributed by atoms with Gasteiger partial charge in [0.1, 0.15) is 0 Å². The molecule has 0 aromatic carbocycles. The van der Waals surface area contributed by atoms with Crippen LogP contribution in [0.3, 0.4) is 0 Å². The van der Waals surface area contributed by atoms with E-state index in [-0.39, 0.29) is 24.5 Å². The fraction of sp³-hybridized carbons (Fsp3) is 0.643. The third-order valence-electron chi connectivity index (χ3n) is 3.41. The van der Waals surface area contributed by atoms with Crippen LogP contribution in [0.5, 0.6) is 0 Å². The van der Waals surface area contributed by atoms with Gasteiger partial charge in [0, 0.05) is 32.0 Å². The highest BCUT2D eigenvalue weighted by molar-refractivity contribution is 7.89. The Hall–Kier alpha value is -1.02. The predicted octanol–water partition coefficient (Wildman–Crippen LogP) is 0.783. The number of hydrogen-bond donors (Lipinski definition) is 1. The summed E-state index contributed by atoms with van der Waals surface area (Å²) in [6, 6.07) is 3.55.